The standard InChI is InChI=1S/C72H112N10O16/c1-67(2,3)93-58(84)31-30-55(65(91)98-72(16,17)18)78-66(92)77-54(64(90)97-71(13,14)15)25-21-22-32-73-63(89)56(42-49-26-27-50-23-19-20-24-51(50)41-49)76-62(88)52-28-29-53(74-43-52)44-75-57(83)45-79-33-35-80(46-59(85)94-68(4,5)6)37-39-82(48-61(87)96-70(10,11)12)40-38-81(36-34-79)47-60(86)95-69(7,8)9/h19-20,23-24,26-29,41,43,54-56H,21-22,25,30-40,42,44-48H2,1-18H3,(H,73,89)(H,75,83)(H,76,88)(H2,77,78,92)/t54-,55-,56-/m0/s1. The summed E-state index contributed by atoms with van der Waals surface area (Å²) in [6.45, 7) is 34.3. The number of hydrogen-bond donors (Lipinski definition) is 5. The first kappa shape index (κ1) is 82.6. The molecule has 98 heavy (non-hydrogen) atoms. The minimum Gasteiger partial charge on any atom is -0.460 e. The van der Waals surface area contributed by atoms with Crippen LogP contribution in [-0.4, -0.2) is 221 Å². The number of aromatic nitrogens is 1. The Labute approximate surface area is 579 Å². The van der Waals surface area contributed by atoms with E-state index in [9.17, 15) is 47.9 Å². The average molecular weight is 1370 g/mol. The van der Waals surface area contributed by atoms with Crippen molar-refractivity contribution in [2.24, 2.45) is 0 Å². The summed E-state index contributed by atoms with van der Waals surface area (Å²) >= 11 is 0. The second-order valence-electron chi connectivity index (χ2n) is 30.8. The summed E-state index contributed by atoms with van der Waals surface area (Å²) in [6, 6.07) is 12.3. The van der Waals surface area contributed by atoms with E-state index in [0.717, 1.165) is 16.3 Å². The Morgan fingerprint density at radius 2 is 0.878 bits per heavy atom. The van der Waals surface area contributed by atoms with Crippen LogP contribution < -0.4 is 26.6 Å². The number of carbonyl (C=O) groups excluding carboxylic acids is 10. The van der Waals surface area contributed by atoms with Crippen LogP contribution in [0.15, 0.2) is 60.8 Å². The van der Waals surface area contributed by atoms with Gasteiger partial charge in [-0.25, -0.2) is 14.4 Å². The molecule has 0 bridgehead atoms. The molecule has 0 spiro atoms. The van der Waals surface area contributed by atoms with Crippen molar-refractivity contribution in [3.63, 3.8) is 0 Å². The summed E-state index contributed by atoms with van der Waals surface area (Å²) in [4.78, 5) is 147. The van der Waals surface area contributed by atoms with Gasteiger partial charge in [-0.1, -0.05) is 42.5 Å². The highest BCUT2D eigenvalue weighted by Gasteiger charge is 2.33. The van der Waals surface area contributed by atoms with Gasteiger partial charge in [0.2, 0.25) is 11.8 Å². The first-order valence-corrected chi connectivity index (χ1v) is 33.9. The van der Waals surface area contributed by atoms with Gasteiger partial charge in [0.05, 0.1) is 44.0 Å². The molecule has 2 heterocycles. The third-order valence-corrected chi connectivity index (χ3v) is 14.3. The fraction of sp³-hybridized carbons (Fsp3) is 0.653. The lowest BCUT2D eigenvalue weighted by atomic mass is 10.0. The molecule has 5 amide bonds. The third-order valence-electron chi connectivity index (χ3n) is 14.3. The molecule has 1 aliphatic rings. The van der Waals surface area contributed by atoms with E-state index in [0.29, 0.717) is 70.9 Å². The Balaban J connectivity index is 1.46. The largest absolute Gasteiger partial charge is 0.460 e. The summed E-state index contributed by atoms with van der Waals surface area (Å²) in [6.07, 6.45) is 1.86. The maximum absolute atomic E-state index is 14.2. The van der Waals surface area contributed by atoms with E-state index >= 15 is 0 Å². The number of benzene rings is 2. The number of pyridine rings is 1. The Kier molecular flexibility index (Phi) is 31.5. The molecule has 546 valence electrons. The third kappa shape index (κ3) is 35.1. The number of rotatable bonds is 27. The number of hydrogen-bond acceptors (Lipinski definition) is 21. The van der Waals surface area contributed by atoms with Gasteiger partial charge in [-0.3, -0.25) is 58.1 Å². The minimum absolute atomic E-state index is 0.00760. The first-order chi connectivity index (χ1) is 45.3. The SMILES string of the molecule is CC(C)(C)OC(=O)CC[C@H](NC(=O)N[C@@H](CCCCNC(=O)[C@H](Cc1ccc2ccccc2c1)NC(=O)c1ccc(CNC(=O)CN2CCN(CC(=O)OC(C)(C)C)CCN(CC(=O)OC(C)(C)C)CCN(CC(=O)OC(C)(C)C)CC2)nc1)C(=O)OC(C)(C)C)C(=O)OC(C)(C)C. The predicted octanol–water partition coefficient (Wildman–Crippen LogP) is 6.57. The number of amides is 5. The van der Waals surface area contributed by atoms with E-state index in [1.54, 1.807) is 137 Å². The lowest BCUT2D eigenvalue weighted by molar-refractivity contribution is -0.159. The smallest absolute Gasteiger partial charge is 0.329 e. The number of ether oxygens (including phenoxy) is 6. The highest BCUT2D eigenvalue weighted by molar-refractivity contribution is 5.97. The Bertz CT molecular complexity index is 3110. The van der Waals surface area contributed by atoms with Crippen molar-refractivity contribution < 1.29 is 76.4 Å². The van der Waals surface area contributed by atoms with Crippen LogP contribution >= 0.6 is 0 Å². The molecule has 3 atom stereocenters. The molecule has 4 rings (SSSR count). The van der Waals surface area contributed by atoms with Gasteiger partial charge in [0.1, 0.15) is 51.7 Å². The van der Waals surface area contributed by atoms with Crippen molar-refractivity contribution >= 4 is 70.3 Å². The van der Waals surface area contributed by atoms with Crippen molar-refractivity contribution in [2.45, 2.75) is 221 Å². The van der Waals surface area contributed by atoms with Crippen molar-refractivity contribution in [1.82, 2.24) is 51.2 Å². The molecule has 26 heteroatoms. The van der Waals surface area contributed by atoms with E-state index in [2.05, 4.69) is 31.6 Å². The molecule has 3 aromatic rings. The van der Waals surface area contributed by atoms with Gasteiger partial charge >= 0.3 is 41.8 Å². The van der Waals surface area contributed by atoms with Crippen LogP contribution in [0.25, 0.3) is 10.8 Å². The summed E-state index contributed by atoms with van der Waals surface area (Å²) in [5.74, 6) is -4.72. The summed E-state index contributed by atoms with van der Waals surface area (Å²) < 4.78 is 33.7. The monoisotopic (exact) mass is 1370 g/mol. The number of esters is 6. The van der Waals surface area contributed by atoms with Crippen LogP contribution in [0.5, 0.6) is 0 Å². The summed E-state index contributed by atoms with van der Waals surface area (Å²) in [5.41, 5.74) is -3.37. The quantitative estimate of drug-likeness (QED) is 0.0306. The maximum atomic E-state index is 14.2. The molecular weight excluding hydrogens is 1260 g/mol. The molecular formula is C72H112N10O16. The van der Waals surface area contributed by atoms with Gasteiger partial charge in [0.15, 0.2) is 0 Å². The van der Waals surface area contributed by atoms with E-state index in [4.69, 9.17) is 28.4 Å². The maximum Gasteiger partial charge on any atom is 0.329 e. The molecule has 0 saturated carbocycles. The average Bonchev–Trinajstić information content (AvgIpc) is 0.835. The van der Waals surface area contributed by atoms with E-state index in [-0.39, 0.29) is 76.4 Å². The summed E-state index contributed by atoms with van der Waals surface area (Å²) in [5, 5.41) is 15.9. The van der Waals surface area contributed by atoms with Crippen molar-refractivity contribution in [2.75, 3.05) is 85.1 Å². The first-order valence-electron chi connectivity index (χ1n) is 33.9. The van der Waals surface area contributed by atoms with Gasteiger partial charge in [-0.15, -0.1) is 0 Å². The molecule has 5 N–H and O–H groups in total. The van der Waals surface area contributed by atoms with Gasteiger partial charge in [-0.2, -0.15) is 0 Å². The fourth-order valence-corrected chi connectivity index (χ4v) is 10.1. The molecule has 0 radical (unpaired) electrons. The predicted molar refractivity (Wildman–Crippen MR) is 371 cm³/mol. The lowest BCUT2D eigenvalue weighted by Crippen LogP contribution is -2.53. The second-order valence-corrected chi connectivity index (χ2v) is 30.8. The molecule has 0 unspecified atom stereocenters. The fourth-order valence-electron chi connectivity index (χ4n) is 10.1. The number of carbonyl (C=O) groups is 10. The molecule has 1 aliphatic heterocycles. The number of unbranched alkanes of at least 4 members (excludes halogenated alkanes) is 1. The zero-order valence-corrected chi connectivity index (χ0v) is 61.4. The number of fused-ring (bicyclic) bond motifs is 1. The number of nitrogens with one attached hydrogen (secondary N) is 5. The van der Waals surface area contributed by atoms with Crippen LogP contribution in [0.1, 0.15) is 178 Å². The Morgan fingerprint density at radius 3 is 1.32 bits per heavy atom. The number of nitrogens with zero attached hydrogens (tertiary/aromatic N) is 5. The zero-order chi connectivity index (χ0) is 73.4. The van der Waals surface area contributed by atoms with Gasteiger partial charge in [-0.05, 0) is 179 Å². The number of urea groups is 1. The van der Waals surface area contributed by atoms with E-state index in [1.165, 1.54) is 6.20 Å². The molecule has 26 nitrogen and oxygen atoms in total. The van der Waals surface area contributed by atoms with E-state index < -0.39 is 105 Å². The van der Waals surface area contributed by atoms with Gasteiger partial charge in [0, 0.05) is 77.9 Å². The molecule has 1 aromatic heterocycles. The van der Waals surface area contributed by atoms with Crippen molar-refractivity contribution in [3.8, 4) is 0 Å². The van der Waals surface area contributed by atoms with Crippen LogP contribution in [-0.2, 0) is 79.7 Å². The van der Waals surface area contributed by atoms with Crippen LogP contribution in [0, 0.1) is 0 Å². The Hall–Kier alpha value is -7.81. The van der Waals surface area contributed by atoms with E-state index in [1.807, 2.05) is 62.1 Å². The zero-order valence-electron chi connectivity index (χ0n) is 61.4. The molecule has 1 saturated heterocycles. The second kappa shape index (κ2) is 37.4. The molecule has 0 aliphatic carbocycles. The van der Waals surface area contributed by atoms with Crippen LogP contribution in [0.4, 0.5) is 4.79 Å². The highest BCUT2D eigenvalue weighted by atomic mass is 16.6. The van der Waals surface area contributed by atoms with Crippen molar-refractivity contribution in [1.29, 1.82) is 0 Å². The highest BCUT2D eigenvalue weighted by Crippen LogP contribution is 2.20. The Morgan fingerprint density at radius 1 is 0.449 bits per heavy atom. The van der Waals surface area contributed by atoms with Crippen LogP contribution in [0.2, 0.25) is 0 Å². The normalized spacial score (nSPS) is 15.5. The lowest BCUT2D eigenvalue weighted by Gasteiger charge is -2.34. The molecule has 2 aromatic carbocycles. The minimum atomic E-state index is -1.27. The van der Waals surface area contributed by atoms with Gasteiger partial charge < -0.3 is 55.0 Å². The van der Waals surface area contributed by atoms with Crippen LogP contribution in [0.3, 0.4) is 0 Å². The summed E-state index contributed by atoms with van der Waals surface area (Å²) in [7, 11) is 0. The van der Waals surface area contributed by atoms with Gasteiger partial charge in [0.25, 0.3) is 5.91 Å². The molecule has 1 fully saturated rings. The van der Waals surface area contributed by atoms with Crippen molar-refractivity contribution in [3.05, 3.63) is 77.6 Å². The topological polar surface area (TPSA) is 312 Å².